The van der Waals surface area contributed by atoms with Crippen LogP contribution < -0.4 is 15.4 Å². The normalized spacial score (nSPS) is 29.0. The van der Waals surface area contributed by atoms with Gasteiger partial charge in [-0.25, -0.2) is 4.79 Å². The average Bonchev–Trinajstić information content (AvgIpc) is 3.22. The maximum absolute atomic E-state index is 12.8. The molecular formula is C26H37N3O5. The lowest BCUT2D eigenvalue weighted by Crippen LogP contribution is -2.48. The minimum Gasteiger partial charge on any atom is -0.487 e. The number of piperidine rings is 1. The molecule has 0 spiro atoms. The van der Waals surface area contributed by atoms with Crippen molar-refractivity contribution in [3.63, 3.8) is 0 Å². The van der Waals surface area contributed by atoms with Gasteiger partial charge >= 0.3 is 6.03 Å². The molecule has 4 aliphatic rings. The predicted molar refractivity (Wildman–Crippen MR) is 128 cm³/mol. The van der Waals surface area contributed by atoms with Crippen molar-refractivity contribution in [2.24, 2.45) is 0 Å². The average molecular weight is 472 g/mol. The SMILES string of the molecule is O=C(Nc1ccc2c(c1)[C@@H]1C[C@@H](CC(=O)N3CCCCC3)O[C@@H](CO)[C@@H]1O2)NC1CCCCC1. The van der Waals surface area contributed by atoms with E-state index in [4.69, 9.17) is 9.47 Å². The molecule has 0 radical (unpaired) electrons. The Labute approximate surface area is 201 Å². The van der Waals surface area contributed by atoms with Gasteiger partial charge in [-0.1, -0.05) is 19.3 Å². The van der Waals surface area contributed by atoms with Crippen LogP contribution in [0.1, 0.15) is 75.7 Å². The monoisotopic (exact) mass is 471 g/mol. The van der Waals surface area contributed by atoms with Crippen LogP contribution in [0, 0.1) is 0 Å². The summed E-state index contributed by atoms with van der Waals surface area (Å²) in [6.45, 7) is 1.49. The van der Waals surface area contributed by atoms with Crippen LogP contribution >= 0.6 is 0 Å². The van der Waals surface area contributed by atoms with E-state index in [9.17, 15) is 14.7 Å². The van der Waals surface area contributed by atoms with E-state index < -0.39 is 6.10 Å². The van der Waals surface area contributed by atoms with E-state index in [2.05, 4.69) is 10.6 Å². The maximum Gasteiger partial charge on any atom is 0.319 e. The zero-order valence-corrected chi connectivity index (χ0v) is 19.8. The standard InChI is InChI=1S/C26H37N3O5/c30-16-23-25-21(14-19(33-23)15-24(31)29-11-5-2-6-12-29)20-13-18(9-10-22(20)34-25)28-26(32)27-17-7-3-1-4-8-17/h9-10,13,17,19,21,23,25,30H,1-8,11-12,14-16H2,(H2,27,28,32)/t19-,21-,23-,25+/m0/s1. The third kappa shape index (κ3) is 5.18. The van der Waals surface area contributed by atoms with Gasteiger partial charge in [0.2, 0.25) is 5.91 Å². The molecule has 3 aliphatic heterocycles. The summed E-state index contributed by atoms with van der Waals surface area (Å²) in [5, 5.41) is 16.1. The number of anilines is 1. The third-order valence-corrected chi connectivity index (χ3v) is 7.81. The Kier molecular flexibility index (Phi) is 7.25. The lowest BCUT2D eigenvalue weighted by atomic mass is 9.84. The highest BCUT2D eigenvalue weighted by molar-refractivity contribution is 5.89. The second-order valence-corrected chi connectivity index (χ2v) is 10.2. The minimum atomic E-state index is -0.476. The molecule has 1 aromatic carbocycles. The molecule has 1 saturated carbocycles. The van der Waals surface area contributed by atoms with Crippen molar-refractivity contribution < 1.29 is 24.2 Å². The summed E-state index contributed by atoms with van der Waals surface area (Å²) in [6.07, 6.45) is 8.93. The van der Waals surface area contributed by atoms with Gasteiger partial charge in [-0.2, -0.15) is 0 Å². The molecule has 3 fully saturated rings. The first-order valence-corrected chi connectivity index (χ1v) is 13.0. The van der Waals surface area contributed by atoms with E-state index in [-0.39, 0.29) is 42.7 Å². The molecule has 0 bridgehead atoms. The maximum atomic E-state index is 12.8. The molecule has 0 aromatic heterocycles. The van der Waals surface area contributed by atoms with Gasteiger partial charge in [-0.15, -0.1) is 0 Å². The van der Waals surface area contributed by atoms with Gasteiger partial charge < -0.3 is 30.1 Å². The largest absolute Gasteiger partial charge is 0.487 e. The first kappa shape index (κ1) is 23.4. The van der Waals surface area contributed by atoms with Crippen LogP contribution in [-0.4, -0.2) is 66.0 Å². The molecule has 3 amide bonds. The van der Waals surface area contributed by atoms with Crippen molar-refractivity contribution in [3.05, 3.63) is 23.8 Å². The van der Waals surface area contributed by atoms with Gasteiger partial charge in [0.25, 0.3) is 0 Å². The van der Waals surface area contributed by atoms with Crippen LogP contribution in [0.5, 0.6) is 5.75 Å². The molecule has 3 heterocycles. The Bertz CT molecular complexity index is 881. The van der Waals surface area contributed by atoms with Gasteiger partial charge in [0.05, 0.1) is 19.1 Å². The van der Waals surface area contributed by atoms with E-state index >= 15 is 0 Å². The summed E-state index contributed by atoms with van der Waals surface area (Å²) in [5.41, 5.74) is 1.74. The number of nitrogens with zero attached hydrogens (tertiary/aromatic N) is 1. The number of aliphatic hydroxyl groups is 1. The Balaban J connectivity index is 1.25. The summed E-state index contributed by atoms with van der Waals surface area (Å²) in [7, 11) is 0. The number of nitrogens with one attached hydrogen (secondary N) is 2. The fourth-order valence-corrected chi connectivity index (χ4v) is 6.03. The van der Waals surface area contributed by atoms with Crippen LogP contribution in [0.2, 0.25) is 0 Å². The number of carbonyl (C=O) groups excluding carboxylic acids is 2. The molecule has 8 heteroatoms. The second kappa shape index (κ2) is 10.5. The van der Waals surface area contributed by atoms with Crippen LogP contribution in [0.3, 0.4) is 0 Å². The molecule has 0 unspecified atom stereocenters. The number of rotatable bonds is 5. The second-order valence-electron chi connectivity index (χ2n) is 10.2. The molecule has 1 aromatic rings. The molecule has 2 saturated heterocycles. The zero-order chi connectivity index (χ0) is 23.5. The summed E-state index contributed by atoms with van der Waals surface area (Å²) in [6, 6.07) is 5.78. The Morgan fingerprint density at radius 1 is 1.06 bits per heavy atom. The number of amides is 3. The number of ether oxygens (including phenoxy) is 2. The highest BCUT2D eigenvalue weighted by Crippen LogP contribution is 2.47. The molecule has 34 heavy (non-hydrogen) atoms. The topological polar surface area (TPSA) is 100 Å². The Hall–Kier alpha value is -2.32. The fraction of sp³-hybridized carbons (Fsp3) is 0.692. The van der Waals surface area contributed by atoms with E-state index in [0.717, 1.165) is 55.8 Å². The number of hydrogen-bond acceptors (Lipinski definition) is 5. The number of fused-ring (bicyclic) bond motifs is 3. The van der Waals surface area contributed by atoms with E-state index in [1.54, 1.807) is 0 Å². The number of urea groups is 1. The van der Waals surface area contributed by atoms with E-state index in [1.165, 1.54) is 25.7 Å². The molecule has 8 nitrogen and oxygen atoms in total. The van der Waals surface area contributed by atoms with Crippen molar-refractivity contribution in [2.45, 2.75) is 94.5 Å². The summed E-state index contributed by atoms with van der Waals surface area (Å²) in [5.74, 6) is 0.912. The number of carbonyl (C=O) groups is 2. The zero-order valence-electron chi connectivity index (χ0n) is 19.8. The van der Waals surface area contributed by atoms with E-state index in [1.807, 2.05) is 23.1 Å². The highest BCUT2D eigenvalue weighted by atomic mass is 16.6. The van der Waals surface area contributed by atoms with Crippen molar-refractivity contribution in [2.75, 3.05) is 25.0 Å². The first-order valence-electron chi connectivity index (χ1n) is 13.0. The van der Waals surface area contributed by atoms with Crippen LogP contribution in [0.15, 0.2) is 18.2 Å². The number of aliphatic hydroxyl groups excluding tert-OH is 1. The number of benzene rings is 1. The summed E-state index contributed by atoms with van der Waals surface area (Å²) >= 11 is 0. The van der Waals surface area contributed by atoms with E-state index in [0.29, 0.717) is 12.8 Å². The first-order chi connectivity index (χ1) is 16.6. The molecule has 4 atom stereocenters. The van der Waals surface area contributed by atoms with Gasteiger partial charge in [-0.3, -0.25) is 4.79 Å². The van der Waals surface area contributed by atoms with Crippen molar-refractivity contribution >= 4 is 17.6 Å². The number of likely N-dealkylation sites (tertiary alicyclic amines) is 1. The molecule has 5 rings (SSSR count). The van der Waals surface area contributed by atoms with Crippen molar-refractivity contribution in [1.82, 2.24) is 10.2 Å². The summed E-state index contributed by atoms with van der Waals surface area (Å²) in [4.78, 5) is 27.3. The fourth-order valence-electron chi connectivity index (χ4n) is 6.03. The van der Waals surface area contributed by atoms with Gasteiger partial charge in [0.15, 0.2) is 0 Å². The quantitative estimate of drug-likeness (QED) is 0.610. The Morgan fingerprint density at radius 2 is 1.82 bits per heavy atom. The predicted octanol–water partition coefficient (Wildman–Crippen LogP) is 3.54. The molecule has 186 valence electrons. The van der Waals surface area contributed by atoms with Crippen molar-refractivity contribution in [1.29, 1.82) is 0 Å². The van der Waals surface area contributed by atoms with Gasteiger partial charge in [-0.05, 0) is 56.7 Å². The summed E-state index contributed by atoms with van der Waals surface area (Å²) < 4.78 is 12.3. The molecular weight excluding hydrogens is 434 g/mol. The Morgan fingerprint density at radius 3 is 2.59 bits per heavy atom. The molecule has 3 N–H and O–H groups in total. The van der Waals surface area contributed by atoms with Crippen LogP contribution in [0.4, 0.5) is 10.5 Å². The van der Waals surface area contributed by atoms with Gasteiger partial charge in [0.1, 0.15) is 18.0 Å². The lowest BCUT2D eigenvalue weighted by Gasteiger charge is -2.38. The molecule has 1 aliphatic carbocycles. The highest BCUT2D eigenvalue weighted by Gasteiger charge is 2.46. The smallest absolute Gasteiger partial charge is 0.319 e. The number of hydrogen-bond donors (Lipinski definition) is 3. The third-order valence-electron chi connectivity index (χ3n) is 7.81. The van der Waals surface area contributed by atoms with Gasteiger partial charge in [0, 0.05) is 36.3 Å². The lowest BCUT2D eigenvalue weighted by molar-refractivity contribution is -0.149. The van der Waals surface area contributed by atoms with Crippen LogP contribution in [0.25, 0.3) is 0 Å². The van der Waals surface area contributed by atoms with Crippen molar-refractivity contribution in [3.8, 4) is 5.75 Å². The van der Waals surface area contributed by atoms with Crippen LogP contribution in [-0.2, 0) is 9.53 Å². The minimum absolute atomic E-state index is 0.0169.